The number of rotatable bonds is 8. The number of nitrogens with zero attached hydrogens (tertiary/aromatic N) is 3. The van der Waals surface area contributed by atoms with Gasteiger partial charge in [0.15, 0.2) is 0 Å². The molecule has 0 aliphatic carbocycles. The summed E-state index contributed by atoms with van der Waals surface area (Å²) in [5.41, 5.74) is 1.80. The van der Waals surface area contributed by atoms with Gasteiger partial charge < -0.3 is 14.6 Å². The van der Waals surface area contributed by atoms with Gasteiger partial charge in [0.1, 0.15) is 15.5 Å². The molecule has 182 valence electrons. The fourth-order valence-electron chi connectivity index (χ4n) is 4.85. The van der Waals surface area contributed by atoms with Crippen LogP contribution in [0, 0.1) is 12.8 Å². The van der Waals surface area contributed by atoms with Crippen molar-refractivity contribution in [2.24, 2.45) is 5.92 Å². The first-order valence-electron chi connectivity index (χ1n) is 12.0. The molecule has 1 aliphatic heterocycles. The van der Waals surface area contributed by atoms with Crippen molar-refractivity contribution in [3.63, 3.8) is 0 Å². The van der Waals surface area contributed by atoms with Crippen LogP contribution in [0.4, 0.5) is 0 Å². The minimum atomic E-state index is -0.392. The Morgan fingerprint density at radius 2 is 2.00 bits per heavy atom. The van der Waals surface area contributed by atoms with E-state index in [-0.39, 0.29) is 11.6 Å². The molecule has 1 atom stereocenters. The van der Waals surface area contributed by atoms with Gasteiger partial charge in [0.05, 0.1) is 18.0 Å². The van der Waals surface area contributed by atoms with Gasteiger partial charge in [0, 0.05) is 13.1 Å². The molecular formula is C26H34N4O3S. The van der Waals surface area contributed by atoms with Crippen LogP contribution in [0.5, 0.6) is 0 Å². The molecule has 0 bridgehead atoms. The zero-order valence-electron chi connectivity index (χ0n) is 20.5. The average Bonchev–Trinajstić information content (AvgIpc) is 3.16. The molecule has 1 N–H and O–H groups in total. The maximum absolute atomic E-state index is 12.9. The van der Waals surface area contributed by atoms with E-state index in [0.29, 0.717) is 39.0 Å². The Labute approximate surface area is 204 Å². The summed E-state index contributed by atoms with van der Waals surface area (Å²) in [6, 6.07) is 10.6. The van der Waals surface area contributed by atoms with Crippen LogP contribution in [0.25, 0.3) is 10.2 Å². The smallest absolute Gasteiger partial charge is 0.348 e. The van der Waals surface area contributed by atoms with Crippen molar-refractivity contribution < 1.29 is 9.53 Å². The Balaban J connectivity index is 1.39. The molecular weight excluding hydrogens is 448 g/mol. The number of aromatic nitrogens is 2. The Morgan fingerprint density at radius 1 is 1.29 bits per heavy atom. The third kappa shape index (κ3) is 5.40. The van der Waals surface area contributed by atoms with E-state index < -0.39 is 5.97 Å². The van der Waals surface area contributed by atoms with Crippen molar-refractivity contribution in [3.05, 3.63) is 62.5 Å². The topological polar surface area (TPSA) is 78.5 Å². The first-order chi connectivity index (χ1) is 16.4. The van der Waals surface area contributed by atoms with Gasteiger partial charge in [-0.1, -0.05) is 30.3 Å². The summed E-state index contributed by atoms with van der Waals surface area (Å²) in [6.45, 7) is 9.96. The number of aromatic amines is 1. The number of nitrogens with one attached hydrogen (secondary N) is 1. The molecule has 0 spiro atoms. The molecule has 1 unspecified atom stereocenters. The average molecular weight is 483 g/mol. The monoisotopic (exact) mass is 482 g/mol. The highest BCUT2D eigenvalue weighted by Crippen LogP contribution is 2.30. The maximum atomic E-state index is 12.9. The number of H-pyrrole nitrogens is 1. The van der Waals surface area contributed by atoms with Crippen LogP contribution in [-0.2, 0) is 11.3 Å². The zero-order chi connectivity index (χ0) is 24.2. The van der Waals surface area contributed by atoms with Gasteiger partial charge in [-0.3, -0.25) is 9.69 Å². The van der Waals surface area contributed by atoms with Gasteiger partial charge in [-0.15, -0.1) is 11.3 Å². The molecule has 34 heavy (non-hydrogen) atoms. The highest BCUT2D eigenvalue weighted by molar-refractivity contribution is 7.20. The number of fused-ring (bicyclic) bond motifs is 1. The molecule has 8 heteroatoms. The van der Waals surface area contributed by atoms with Gasteiger partial charge in [0.2, 0.25) is 0 Å². The van der Waals surface area contributed by atoms with Crippen molar-refractivity contribution in [2.45, 2.75) is 46.2 Å². The molecule has 1 saturated heterocycles. The van der Waals surface area contributed by atoms with E-state index >= 15 is 0 Å². The lowest BCUT2D eigenvalue weighted by molar-refractivity contribution is 0.0531. The second kappa shape index (κ2) is 10.8. The Kier molecular flexibility index (Phi) is 7.80. The summed E-state index contributed by atoms with van der Waals surface area (Å²) in [5, 5.41) is 0.490. The zero-order valence-corrected chi connectivity index (χ0v) is 21.3. The summed E-state index contributed by atoms with van der Waals surface area (Å²) >= 11 is 1.24. The lowest BCUT2D eigenvalue weighted by Crippen LogP contribution is -2.39. The van der Waals surface area contributed by atoms with Crippen LogP contribution in [0.2, 0.25) is 0 Å². The lowest BCUT2D eigenvalue weighted by Gasteiger charge is -2.36. The van der Waals surface area contributed by atoms with E-state index in [4.69, 9.17) is 9.72 Å². The number of benzene rings is 1. The summed E-state index contributed by atoms with van der Waals surface area (Å²) < 4.78 is 5.14. The van der Waals surface area contributed by atoms with E-state index in [1.807, 2.05) is 0 Å². The van der Waals surface area contributed by atoms with Crippen LogP contribution in [0.3, 0.4) is 0 Å². The predicted octanol–water partition coefficient (Wildman–Crippen LogP) is 4.37. The molecule has 0 radical (unpaired) electrons. The second-order valence-corrected chi connectivity index (χ2v) is 10.2. The van der Waals surface area contributed by atoms with Gasteiger partial charge in [-0.05, 0) is 70.8 Å². The molecule has 1 aromatic carbocycles. The first kappa shape index (κ1) is 24.6. The van der Waals surface area contributed by atoms with E-state index in [1.165, 1.54) is 16.9 Å². The molecule has 3 heterocycles. The molecule has 3 aromatic rings. The highest BCUT2D eigenvalue weighted by atomic mass is 32.1. The third-order valence-corrected chi connectivity index (χ3v) is 7.90. The Hall–Kier alpha value is -2.55. The largest absolute Gasteiger partial charge is 0.462 e. The SMILES string of the molecule is CCOC(=O)c1sc2nc(C(C)N3CCC(CN(C)Cc4ccccc4)CC3)[nH]c(=O)c2c1C. The van der Waals surface area contributed by atoms with Gasteiger partial charge in [-0.2, -0.15) is 0 Å². The quantitative estimate of drug-likeness (QED) is 0.480. The number of piperidine rings is 1. The summed E-state index contributed by atoms with van der Waals surface area (Å²) in [7, 11) is 2.19. The number of hydrogen-bond donors (Lipinski definition) is 1. The molecule has 0 amide bonds. The lowest BCUT2D eigenvalue weighted by atomic mass is 9.95. The third-order valence-electron chi connectivity index (χ3n) is 6.74. The number of likely N-dealkylation sites (tertiary alicyclic amines) is 1. The summed E-state index contributed by atoms with van der Waals surface area (Å²) in [6.07, 6.45) is 2.25. The second-order valence-electron chi connectivity index (χ2n) is 9.25. The number of carbonyl (C=O) groups is 1. The van der Waals surface area contributed by atoms with Crippen LogP contribution in [-0.4, -0.2) is 59.0 Å². The van der Waals surface area contributed by atoms with E-state index in [0.717, 1.165) is 39.0 Å². The Morgan fingerprint density at radius 3 is 2.68 bits per heavy atom. The molecule has 4 rings (SSSR count). The van der Waals surface area contributed by atoms with E-state index in [2.05, 4.69) is 59.1 Å². The minimum absolute atomic E-state index is 0.00791. The summed E-state index contributed by atoms with van der Waals surface area (Å²) in [5.74, 6) is 0.934. The normalized spacial score (nSPS) is 16.3. The van der Waals surface area contributed by atoms with Crippen LogP contribution >= 0.6 is 11.3 Å². The number of thiophene rings is 1. The van der Waals surface area contributed by atoms with Crippen molar-refractivity contribution in [3.8, 4) is 0 Å². The van der Waals surface area contributed by atoms with Gasteiger partial charge in [0.25, 0.3) is 5.56 Å². The van der Waals surface area contributed by atoms with Crippen molar-refractivity contribution in [1.82, 2.24) is 19.8 Å². The maximum Gasteiger partial charge on any atom is 0.348 e. The van der Waals surface area contributed by atoms with Crippen LogP contribution in [0.1, 0.15) is 59.4 Å². The molecule has 1 aliphatic rings. The van der Waals surface area contributed by atoms with Crippen molar-refractivity contribution in [2.75, 3.05) is 33.3 Å². The Bertz CT molecular complexity index is 1180. The molecule has 0 saturated carbocycles. The number of hydrogen-bond acceptors (Lipinski definition) is 7. The van der Waals surface area contributed by atoms with Gasteiger partial charge in [-0.25, -0.2) is 9.78 Å². The fraction of sp³-hybridized carbons (Fsp3) is 0.500. The molecule has 2 aromatic heterocycles. The number of ether oxygens (including phenoxy) is 1. The number of esters is 1. The van der Waals surface area contributed by atoms with Gasteiger partial charge >= 0.3 is 5.97 Å². The molecule has 1 fully saturated rings. The van der Waals surface area contributed by atoms with E-state index in [9.17, 15) is 9.59 Å². The highest BCUT2D eigenvalue weighted by Gasteiger charge is 2.27. The predicted molar refractivity (Wildman–Crippen MR) is 136 cm³/mol. The number of carbonyl (C=O) groups excluding carboxylic acids is 1. The summed E-state index contributed by atoms with van der Waals surface area (Å²) in [4.78, 5) is 38.7. The van der Waals surface area contributed by atoms with E-state index in [1.54, 1.807) is 13.8 Å². The van der Waals surface area contributed by atoms with Crippen LogP contribution in [0.15, 0.2) is 35.1 Å². The minimum Gasteiger partial charge on any atom is -0.462 e. The standard InChI is InChI=1S/C26H34N4O3S/c1-5-33-26(32)22-17(2)21-24(31)27-23(28-25(21)34-22)18(3)30-13-11-20(12-14-30)16-29(4)15-19-9-7-6-8-10-19/h6-10,18,20H,5,11-16H2,1-4H3,(H,27,28,31). The van der Waals surface area contributed by atoms with Crippen LogP contribution < -0.4 is 5.56 Å². The van der Waals surface area contributed by atoms with Crippen molar-refractivity contribution >= 4 is 27.5 Å². The van der Waals surface area contributed by atoms with Crippen molar-refractivity contribution in [1.29, 1.82) is 0 Å². The fourth-order valence-corrected chi connectivity index (χ4v) is 5.93. The number of aryl methyl sites for hydroxylation is 1. The first-order valence-corrected chi connectivity index (χ1v) is 12.9. The molecule has 7 nitrogen and oxygen atoms in total.